The van der Waals surface area contributed by atoms with Crippen molar-refractivity contribution in [1.82, 2.24) is 20.2 Å². The first-order chi connectivity index (χ1) is 22.3. The van der Waals surface area contributed by atoms with Gasteiger partial charge in [0.15, 0.2) is 19.8 Å². The lowest BCUT2D eigenvalue weighted by molar-refractivity contribution is -0.143. The maximum absolute atomic E-state index is 14.7. The number of rotatable bonds is 9. The largest absolute Gasteiger partial charge is 0.416 e. The van der Waals surface area contributed by atoms with Crippen molar-refractivity contribution >= 4 is 25.7 Å². The molecule has 0 saturated carbocycles. The first-order valence-electron chi connectivity index (χ1n) is 14.5. The van der Waals surface area contributed by atoms with Crippen LogP contribution in [0.3, 0.4) is 0 Å². The lowest BCUT2D eigenvalue weighted by atomic mass is 9.92. The zero-order chi connectivity index (χ0) is 35.2. The molecule has 0 fully saturated rings. The number of ketones is 1. The number of hydrogen-bond donors (Lipinski definition) is 0. The average molecular weight is 707 g/mol. The number of alkyl halides is 6. The maximum atomic E-state index is 14.7. The minimum absolute atomic E-state index is 0.0223. The number of carbonyl (C=O) groups excluding carboxylic acids is 1. The molecule has 0 N–H and O–H groups in total. The number of halogens is 7. The molecule has 0 unspecified atom stereocenters. The highest BCUT2D eigenvalue weighted by Crippen LogP contribution is 2.41. The van der Waals surface area contributed by atoms with Crippen LogP contribution in [0.5, 0.6) is 0 Å². The van der Waals surface area contributed by atoms with E-state index in [9.17, 15) is 31.1 Å². The molecule has 0 aliphatic heterocycles. The van der Waals surface area contributed by atoms with Crippen LogP contribution in [0.4, 0.5) is 26.3 Å². The third-order valence-electron chi connectivity index (χ3n) is 7.15. The van der Waals surface area contributed by atoms with E-state index in [1.54, 1.807) is 68.4 Å². The summed E-state index contributed by atoms with van der Waals surface area (Å²) in [7, 11) is -2.24. The van der Waals surface area contributed by atoms with Crippen LogP contribution >= 0.6 is 11.6 Å². The van der Waals surface area contributed by atoms with Gasteiger partial charge >= 0.3 is 12.4 Å². The molecule has 0 aliphatic carbocycles. The minimum Gasteiger partial charge on any atom is -0.407 e. The minimum atomic E-state index is -5.05. The Morgan fingerprint density at radius 1 is 0.896 bits per heavy atom. The number of aromatic nitrogens is 4. The second kappa shape index (κ2) is 12.6. The highest BCUT2D eigenvalue weighted by molar-refractivity contribution is 6.69. The number of nitrogens with zero attached hydrogens (tertiary/aromatic N) is 4. The van der Waals surface area contributed by atoms with Gasteiger partial charge in [-0.3, -0.25) is 4.79 Å². The summed E-state index contributed by atoms with van der Waals surface area (Å²) in [5, 5.41) is 12.7. The number of hydrogen-bond acceptors (Lipinski definition) is 6. The summed E-state index contributed by atoms with van der Waals surface area (Å²) in [6, 6.07) is 16.1. The predicted molar refractivity (Wildman–Crippen MR) is 169 cm³/mol. The van der Waals surface area contributed by atoms with Crippen molar-refractivity contribution in [3.63, 3.8) is 0 Å². The van der Waals surface area contributed by atoms with E-state index in [0.29, 0.717) is 23.3 Å². The van der Waals surface area contributed by atoms with Crippen molar-refractivity contribution in [3.8, 4) is 22.6 Å². The second-order valence-electron chi connectivity index (χ2n) is 12.5. The second-order valence-corrected chi connectivity index (χ2v) is 17.3. The summed E-state index contributed by atoms with van der Waals surface area (Å²) in [6.07, 6.45) is -10.1. The normalized spacial score (nSPS) is 12.8. The Morgan fingerprint density at radius 3 is 2.04 bits per heavy atom. The number of carbonyl (C=O) groups is 1. The highest BCUT2D eigenvalue weighted by atomic mass is 35.5. The third kappa shape index (κ3) is 7.40. The van der Waals surface area contributed by atoms with E-state index in [0.717, 1.165) is 4.68 Å². The van der Waals surface area contributed by atoms with Gasteiger partial charge in [0.1, 0.15) is 11.4 Å². The van der Waals surface area contributed by atoms with Gasteiger partial charge in [-0.25, -0.2) is 4.68 Å². The van der Waals surface area contributed by atoms with Crippen LogP contribution in [0.2, 0.25) is 24.7 Å². The van der Waals surface area contributed by atoms with E-state index in [4.69, 9.17) is 20.6 Å². The molecule has 2 aromatic heterocycles. The monoisotopic (exact) mass is 706 g/mol. The van der Waals surface area contributed by atoms with Gasteiger partial charge in [0.05, 0.1) is 33.9 Å². The average Bonchev–Trinajstić information content (AvgIpc) is 3.61. The quantitative estimate of drug-likeness (QED) is 0.0863. The number of benzene rings is 3. The molecule has 2 heterocycles. The van der Waals surface area contributed by atoms with Gasteiger partial charge in [-0.2, -0.15) is 26.3 Å². The highest BCUT2D eigenvalue weighted by Gasteiger charge is 2.41. The molecular formula is C33H29ClF6N4O3Si. The van der Waals surface area contributed by atoms with Crippen LogP contribution in [-0.4, -0.2) is 34.3 Å². The zero-order valence-corrected chi connectivity index (χ0v) is 28.1. The Hall–Kier alpha value is -4.27. The van der Waals surface area contributed by atoms with Crippen molar-refractivity contribution in [2.24, 2.45) is 0 Å². The van der Waals surface area contributed by atoms with Gasteiger partial charge in [0.25, 0.3) is 0 Å². The molecule has 0 spiro atoms. The Balaban J connectivity index is 1.72. The molecule has 48 heavy (non-hydrogen) atoms. The van der Waals surface area contributed by atoms with Crippen LogP contribution in [-0.2, 0) is 28.9 Å². The lowest BCUT2D eigenvalue weighted by Gasteiger charge is -2.31. The van der Waals surface area contributed by atoms with Crippen molar-refractivity contribution in [3.05, 3.63) is 111 Å². The molecule has 0 radical (unpaired) electrons. The van der Waals surface area contributed by atoms with Crippen molar-refractivity contribution in [2.75, 3.05) is 0 Å². The fourth-order valence-corrected chi connectivity index (χ4v) is 7.26. The Kier molecular flexibility index (Phi) is 9.23. The van der Waals surface area contributed by atoms with Gasteiger partial charge < -0.3 is 8.95 Å². The van der Waals surface area contributed by atoms with Gasteiger partial charge in [-0.15, -0.1) is 5.10 Å². The SMILES string of the molecule is CC(C)(O[Si](C)(C)C)c1noc(-c2ccccc2Cl)c1C(=O)c1nnn(Cc2cc(C(F)(F)F)cc(C(F)(F)F)c2)c1-c1ccccc1. The van der Waals surface area contributed by atoms with Crippen molar-refractivity contribution in [1.29, 1.82) is 0 Å². The summed E-state index contributed by atoms with van der Waals surface area (Å²) in [6.45, 7) is 8.77. The lowest BCUT2D eigenvalue weighted by Crippen LogP contribution is -2.37. The maximum Gasteiger partial charge on any atom is 0.416 e. The summed E-state index contributed by atoms with van der Waals surface area (Å²) < 4.78 is 95.1. The van der Waals surface area contributed by atoms with E-state index in [1.165, 1.54) is 0 Å². The van der Waals surface area contributed by atoms with Crippen LogP contribution < -0.4 is 0 Å². The van der Waals surface area contributed by atoms with Crippen LogP contribution in [0, 0.1) is 0 Å². The Labute approximate surface area is 277 Å². The standard InChI is InChI=1S/C33H29ClF6N4O3Si/c1-31(2,47-48(3,4)5)30-25(29(46-42-30)23-13-9-10-14-24(23)34)28(45)26-27(20-11-7-6-8-12-20)44(43-41-26)18-19-15-21(32(35,36)37)17-22(16-19)33(38,39)40/h6-17H,18H2,1-5H3. The molecule has 5 aromatic rings. The molecule has 0 atom stereocenters. The van der Waals surface area contributed by atoms with Crippen molar-refractivity contribution in [2.45, 2.75) is 58.0 Å². The molecular weight excluding hydrogens is 678 g/mol. The summed E-state index contributed by atoms with van der Waals surface area (Å²) in [5.74, 6) is -0.701. The fourth-order valence-electron chi connectivity index (χ4n) is 5.42. The fraction of sp³-hybridized carbons (Fsp3) is 0.273. The molecule has 7 nitrogen and oxygen atoms in total. The summed E-state index contributed by atoms with van der Waals surface area (Å²) in [4.78, 5) is 14.7. The Bertz CT molecular complexity index is 1930. The zero-order valence-electron chi connectivity index (χ0n) is 26.3. The van der Waals surface area contributed by atoms with E-state index in [1.807, 2.05) is 19.6 Å². The van der Waals surface area contributed by atoms with Gasteiger partial charge in [-0.1, -0.05) is 64.4 Å². The third-order valence-corrected chi connectivity index (χ3v) is 8.60. The Morgan fingerprint density at radius 2 is 1.48 bits per heavy atom. The van der Waals surface area contributed by atoms with E-state index in [2.05, 4.69) is 15.5 Å². The summed E-state index contributed by atoms with van der Waals surface area (Å²) >= 11 is 6.51. The smallest absolute Gasteiger partial charge is 0.407 e. The summed E-state index contributed by atoms with van der Waals surface area (Å²) in [5.41, 5.74) is -3.82. The van der Waals surface area contributed by atoms with Crippen LogP contribution in [0.1, 0.15) is 52.3 Å². The molecule has 0 amide bonds. The van der Waals surface area contributed by atoms with E-state index >= 15 is 0 Å². The van der Waals surface area contributed by atoms with Gasteiger partial charge in [-0.05, 0) is 69.4 Å². The molecule has 5 rings (SSSR count). The van der Waals surface area contributed by atoms with Gasteiger partial charge in [0.2, 0.25) is 5.78 Å². The molecule has 0 aliphatic rings. The molecule has 252 valence electrons. The first-order valence-corrected chi connectivity index (χ1v) is 18.3. The molecule has 15 heteroatoms. The van der Waals surface area contributed by atoms with Crippen LogP contribution in [0.25, 0.3) is 22.6 Å². The predicted octanol–water partition coefficient (Wildman–Crippen LogP) is 9.66. The molecule has 0 bridgehead atoms. The van der Waals surface area contributed by atoms with Crippen molar-refractivity contribution < 1.29 is 40.1 Å². The van der Waals surface area contributed by atoms with Gasteiger partial charge in [0, 0.05) is 11.1 Å². The molecule has 3 aromatic carbocycles. The van der Waals surface area contributed by atoms with E-state index in [-0.39, 0.29) is 45.1 Å². The first kappa shape index (κ1) is 35.0. The van der Waals surface area contributed by atoms with Crippen LogP contribution in [0.15, 0.2) is 77.3 Å². The topological polar surface area (TPSA) is 83.0 Å². The van der Waals surface area contributed by atoms with E-state index < -0.39 is 49.7 Å². The molecule has 0 saturated heterocycles.